The van der Waals surface area contributed by atoms with Crippen molar-refractivity contribution in [2.75, 3.05) is 0 Å². The quantitative estimate of drug-likeness (QED) is 0.166. The Hall–Kier alpha value is -6.97. The zero-order valence-electron chi connectivity index (χ0n) is 28.2. The van der Waals surface area contributed by atoms with Gasteiger partial charge in [0.15, 0.2) is 5.82 Å². The van der Waals surface area contributed by atoms with E-state index in [4.69, 9.17) is 9.97 Å². The lowest BCUT2D eigenvalue weighted by molar-refractivity contribution is 1.18. The Kier molecular flexibility index (Phi) is 7.14. The van der Waals surface area contributed by atoms with Crippen LogP contribution in [0.2, 0.25) is 0 Å². The standard InChI is InChI=1S/C49H31N3/c1-3-11-32(12-4-1)41-24-23-38-29-44(42-21-9-15-34-22-25-43(41)48(38)47(34)42)36-17-8-19-39(28-36)49-51-45(33-13-5-2-6-14-33)30-46(52-49)37-18-7-16-35(27-37)40-20-10-26-50-31-40/h1-31H. The van der Waals surface area contributed by atoms with Crippen LogP contribution in [0.4, 0.5) is 0 Å². The SMILES string of the molecule is c1ccc(-c2cc(-c3cccc(-c4cccnc4)c3)nc(-c3cccc(-c4cc5ccc(-c6ccccc6)c6ccc7cccc4c7c56)c3)n2)cc1. The smallest absolute Gasteiger partial charge is 0.160 e. The summed E-state index contributed by atoms with van der Waals surface area (Å²) >= 11 is 0. The zero-order chi connectivity index (χ0) is 34.4. The van der Waals surface area contributed by atoms with Gasteiger partial charge in [-0.05, 0) is 90.5 Å². The molecule has 0 aliphatic heterocycles. The molecule has 52 heavy (non-hydrogen) atoms. The molecular formula is C49H31N3. The highest BCUT2D eigenvalue weighted by molar-refractivity contribution is 6.28. The molecule has 0 amide bonds. The molecule has 0 N–H and O–H groups in total. The van der Waals surface area contributed by atoms with Gasteiger partial charge in [0.05, 0.1) is 11.4 Å². The second kappa shape index (κ2) is 12.4. The van der Waals surface area contributed by atoms with Gasteiger partial charge in [0.2, 0.25) is 0 Å². The highest BCUT2D eigenvalue weighted by Crippen LogP contribution is 2.43. The summed E-state index contributed by atoms with van der Waals surface area (Å²) in [5.74, 6) is 0.689. The molecule has 0 aliphatic carbocycles. The average Bonchev–Trinajstić information content (AvgIpc) is 3.23. The molecule has 0 saturated heterocycles. The number of pyridine rings is 1. The van der Waals surface area contributed by atoms with Gasteiger partial charge in [-0.1, -0.05) is 146 Å². The Balaban J connectivity index is 1.14. The van der Waals surface area contributed by atoms with Crippen molar-refractivity contribution in [2.24, 2.45) is 0 Å². The van der Waals surface area contributed by atoms with Crippen molar-refractivity contribution >= 4 is 32.3 Å². The minimum atomic E-state index is 0.689. The largest absolute Gasteiger partial charge is 0.264 e. The van der Waals surface area contributed by atoms with E-state index in [-0.39, 0.29) is 0 Å². The number of aromatic nitrogens is 3. The molecule has 0 saturated carbocycles. The van der Waals surface area contributed by atoms with Gasteiger partial charge in [0, 0.05) is 34.6 Å². The third kappa shape index (κ3) is 5.19. The van der Waals surface area contributed by atoms with Gasteiger partial charge in [-0.2, -0.15) is 0 Å². The maximum atomic E-state index is 5.22. The van der Waals surface area contributed by atoms with Gasteiger partial charge < -0.3 is 0 Å². The van der Waals surface area contributed by atoms with Crippen LogP contribution in [0.1, 0.15) is 0 Å². The molecular weight excluding hydrogens is 631 g/mol. The highest BCUT2D eigenvalue weighted by Gasteiger charge is 2.17. The molecule has 0 bridgehead atoms. The summed E-state index contributed by atoms with van der Waals surface area (Å²) in [6.07, 6.45) is 3.70. The van der Waals surface area contributed by atoms with E-state index < -0.39 is 0 Å². The van der Waals surface area contributed by atoms with Gasteiger partial charge in [-0.3, -0.25) is 4.98 Å². The van der Waals surface area contributed by atoms with Crippen molar-refractivity contribution in [2.45, 2.75) is 0 Å². The lowest BCUT2D eigenvalue weighted by Crippen LogP contribution is -1.96. The minimum Gasteiger partial charge on any atom is -0.264 e. The Morgan fingerprint density at radius 2 is 0.942 bits per heavy atom. The molecule has 0 unspecified atom stereocenters. The van der Waals surface area contributed by atoms with Crippen molar-refractivity contribution in [1.82, 2.24) is 15.0 Å². The summed E-state index contributed by atoms with van der Waals surface area (Å²) in [4.78, 5) is 14.7. The van der Waals surface area contributed by atoms with Crippen LogP contribution in [0.5, 0.6) is 0 Å². The van der Waals surface area contributed by atoms with Crippen molar-refractivity contribution < 1.29 is 0 Å². The summed E-state index contributed by atoms with van der Waals surface area (Å²) in [5, 5.41) is 7.61. The van der Waals surface area contributed by atoms with Gasteiger partial charge in [-0.25, -0.2) is 9.97 Å². The number of rotatable bonds is 6. The summed E-state index contributed by atoms with van der Waals surface area (Å²) in [7, 11) is 0. The van der Waals surface area contributed by atoms with Crippen LogP contribution < -0.4 is 0 Å². The van der Waals surface area contributed by atoms with Crippen molar-refractivity contribution in [3.8, 4) is 67.3 Å². The summed E-state index contributed by atoms with van der Waals surface area (Å²) in [6.45, 7) is 0. The fourth-order valence-electron chi connectivity index (χ4n) is 7.63. The monoisotopic (exact) mass is 661 g/mol. The van der Waals surface area contributed by atoms with E-state index in [9.17, 15) is 0 Å². The van der Waals surface area contributed by atoms with Gasteiger partial charge in [0.1, 0.15) is 0 Å². The van der Waals surface area contributed by atoms with E-state index in [1.807, 2.05) is 18.3 Å². The average molecular weight is 662 g/mol. The van der Waals surface area contributed by atoms with Crippen LogP contribution >= 0.6 is 0 Å². The van der Waals surface area contributed by atoms with E-state index in [1.54, 1.807) is 6.20 Å². The first kappa shape index (κ1) is 29.9. The molecule has 2 heterocycles. The Morgan fingerprint density at radius 1 is 0.327 bits per heavy atom. The second-order valence-corrected chi connectivity index (χ2v) is 13.2. The maximum absolute atomic E-state index is 5.22. The fourth-order valence-corrected chi connectivity index (χ4v) is 7.63. The summed E-state index contributed by atoms with van der Waals surface area (Å²) in [6, 6.07) is 62.5. The Morgan fingerprint density at radius 3 is 1.75 bits per heavy atom. The van der Waals surface area contributed by atoms with Crippen molar-refractivity contribution in [1.29, 1.82) is 0 Å². The molecule has 2 aromatic heterocycles. The van der Waals surface area contributed by atoms with E-state index in [0.29, 0.717) is 5.82 Å². The van der Waals surface area contributed by atoms with E-state index in [1.165, 1.54) is 49.0 Å². The second-order valence-electron chi connectivity index (χ2n) is 13.2. The predicted molar refractivity (Wildman–Crippen MR) is 216 cm³/mol. The third-order valence-electron chi connectivity index (χ3n) is 10.1. The Labute approximate surface area is 301 Å². The number of benzene rings is 8. The topological polar surface area (TPSA) is 38.7 Å². The van der Waals surface area contributed by atoms with E-state index >= 15 is 0 Å². The maximum Gasteiger partial charge on any atom is 0.160 e. The first-order chi connectivity index (χ1) is 25.8. The van der Waals surface area contributed by atoms with E-state index in [0.717, 1.165) is 44.8 Å². The summed E-state index contributed by atoms with van der Waals surface area (Å²) in [5.41, 5.74) is 11.8. The molecule has 10 aromatic rings. The lowest BCUT2D eigenvalue weighted by Gasteiger charge is -2.17. The number of nitrogens with zero attached hydrogens (tertiary/aromatic N) is 3. The molecule has 8 aromatic carbocycles. The molecule has 0 spiro atoms. The van der Waals surface area contributed by atoms with Crippen LogP contribution in [0.3, 0.4) is 0 Å². The first-order valence-electron chi connectivity index (χ1n) is 17.6. The van der Waals surface area contributed by atoms with Crippen LogP contribution in [-0.2, 0) is 0 Å². The lowest BCUT2D eigenvalue weighted by atomic mass is 9.86. The van der Waals surface area contributed by atoms with Gasteiger partial charge in [0.25, 0.3) is 0 Å². The molecule has 3 nitrogen and oxygen atoms in total. The zero-order valence-corrected chi connectivity index (χ0v) is 28.2. The van der Waals surface area contributed by atoms with Crippen molar-refractivity contribution in [3.05, 3.63) is 188 Å². The fraction of sp³-hybridized carbons (Fsp3) is 0. The Bertz CT molecular complexity index is 2880. The van der Waals surface area contributed by atoms with E-state index in [2.05, 4.69) is 169 Å². The highest BCUT2D eigenvalue weighted by atomic mass is 14.9. The van der Waals surface area contributed by atoms with Crippen LogP contribution in [0.25, 0.3) is 99.6 Å². The number of hydrogen-bond donors (Lipinski definition) is 0. The predicted octanol–water partition coefficient (Wildman–Crippen LogP) is 12.8. The van der Waals surface area contributed by atoms with Gasteiger partial charge >= 0.3 is 0 Å². The molecule has 242 valence electrons. The van der Waals surface area contributed by atoms with Crippen LogP contribution in [0, 0.1) is 0 Å². The molecule has 10 rings (SSSR count). The minimum absolute atomic E-state index is 0.689. The van der Waals surface area contributed by atoms with Crippen LogP contribution in [0.15, 0.2) is 188 Å². The molecule has 0 atom stereocenters. The first-order valence-corrected chi connectivity index (χ1v) is 17.6. The molecule has 0 radical (unpaired) electrons. The number of hydrogen-bond acceptors (Lipinski definition) is 3. The summed E-state index contributed by atoms with van der Waals surface area (Å²) < 4.78 is 0. The normalized spacial score (nSPS) is 11.5. The van der Waals surface area contributed by atoms with Crippen LogP contribution in [-0.4, -0.2) is 15.0 Å². The molecule has 0 fully saturated rings. The van der Waals surface area contributed by atoms with Gasteiger partial charge in [-0.15, -0.1) is 0 Å². The molecule has 0 aliphatic rings. The molecule has 3 heteroatoms. The third-order valence-corrected chi connectivity index (χ3v) is 10.1. The van der Waals surface area contributed by atoms with Crippen molar-refractivity contribution in [3.63, 3.8) is 0 Å².